The zero-order chi connectivity index (χ0) is 15.3. The summed E-state index contributed by atoms with van der Waals surface area (Å²) in [6.45, 7) is 1.10. The van der Waals surface area contributed by atoms with Gasteiger partial charge in [-0.2, -0.15) is 5.10 Å². The van der Waals surface area contributed by atoms with Crippen LogP contribution >= 0.6 is 0 Å². The molecule has 0 aliphatic carbocycles. The fourth-order valence-corrected chi connectivity index (χ4v) is 2.96. The predicted octanol–water partition coefficient (Wildman–Crippen LogP) is 0.620. The van der Waals surface area contributed by atoms with Crippen LogP contribution in [0.15, 0.2) is 18.5 Å². The zero-order valence-corrected chi connectivity index (χ0v) is 11.8. The van der Waals surface area contributed by atoms with Crippen LogP contribution in [-0.4, -0.2) is 45.2 Å². The first kappa shape index (κ1) is 14.2. The molecule has 3 rings (SSSR count). The molecule has 0 unspecified atom stereocenters. The molecule has 1 saturated heterocycles. The summed E-state index contributed by atoms with van der Waals surface area (Å²) in [6.07, 6.45) is 0.652. The van der Waals surface area contributed by atoms with Crippen LogP contribution in [0, 0.1) is 0 Å². The highest BCUT2D eigenvalue weighted by Crippen LogP contribution is 2.50. The molecule has 0 spiro atoms. The highest BCUT2D eigenvalue weighted by molar-refractivity contribution is 5.65. The molecule has 2 aromatic rings. The van der Waals surface area contributed by atoms with Gasteiger partial charge in [0.15, 0.2) is 11.5 Å². The van der Waals surface area contributed by atoms with Crippen molar-refractivity contribution in [2.75, 3.05) is 19.5 Å². The number of ether oxygens (including phenoxy) is 2. The third-order valence-electron chi connectivity index (χ3n) is 3.94. The second kappa shape index (κ2) is 4.62. The minimum Gasteiger partial charge on any atom is -0.394 e. The highest BCUT2D eigenvalue weighted by Gasteiger charge is 2.61. The zero-order valence-electron chi connectivity index (χ0n) is 11.8. The first-order chi connectivity index (χ1) is 9.95. The molecule has 1 aliphatic rings. The molecule has 0 saturated carbocycles. The van der Waals surface area contributed by atoms with Gasteiger partial charge in [0.25, 0.3) is 0 Å². The summed E-state index contributed by atoms with van der Waals surface area (Å²) in [5.41, 5.74) is 4.86. The number of rotatable bonds is 3. The van der Waals surface area contributed by atoms with E-state index in [-0.39, 0.29) is 18.8 Å². The fourth-order valence-electron chi connectivity index (χ4n) is 2.96. The Bertz CT molecular complexity index is 674. The van der Waals surface area contributed by atoms with Crippen LogP contribution in [0.1, 0.15) is 19.0 Å². The summed E-state index contributed by atoms with van der Waals surface area (Å²) in [6, 6.07) is 3.32. The quantitative estimate of drug-likeness (QED) is 0.862. The van der Waals surface area contributed by atoms with Gasteiger partial charge in [0.2, 0.25) is 5.79 Å². The van der Waals surface area contributed by atoms with Gasteiger partial charge in [0.05, 0.1) is 12.7 Å². The lowest BCUT2D eigenvalue weighted by atomic mass is 9.92. The van der Waals surface area contributed by atoms with Crippen LogP contribution in [0.25, 0.3) is 5.52 Å². The second-order valence-electron chi connectivity index (χ2n) is 5.31. The summed E-state index contributed by atoms with van der Waals surface area (Å²) >= 11 is 0. The van der Waals surface area contributed by atoms with Crippen LogP contribution < -0.4 is 5.73 Å². The lowest BCUT2D eigenvalue weighted by Gasteiger charge is -2.34. The van der Waals surface area contributed by atoms with Crippen molar-refractivity contribution in [3.63, 3.8) is 0 Å². The molecular weight excluding hydrogens is 279 g/mol. The highest BCUT2D eigenvalue weighted by atomic mass is 19.1. The Morgan fingerprint density at radius 3 is 3.00 bits per heavy atom. The number of methoxy groups -OCH3 is 1. The van der Waals surface area contributed by atoms with Gasteiger partial charge in [-0.3, -0.25) is 0 Å². The third-order valence-corrected chi connectivity index (χ3v) is 3.94. The van der Waals surface area contributed by atoms with Crippen molar-refractivity contribution < 1.29 is 19.0 Å². The van der Waals surface area contributed by atoms with Crippen molar-refractivity contribution in [3.8, 4) is 0 Å². The molecule has 1 aliphatic heterocycles. The molecule has 3 N–H and O–H groups in total. The molecule has 8 heteroatoms. The number of nitrogens with two attached hydrogens (primary N) is 1. The number of halogens is 1. The monoisotopic (exact) mass is 296 g/mol. The van der Waals surface area contributed by atoms with Crippen LogP contribution in [0.5, 0.6) is 0 Å². The molecule has 21 heavy (non-hydrogen) atoms. The summed E-state index contributed by atoms with van der Waals surface area (Å²) < 4.78 is 27.7. The maximum Gasteiger partial charge on any atom is 0.247 e. The van der Waals surface area contributed by atoms with Gasteiger partial charge in [-0.1, -0.05) is 0 Å². The Balaban J connectivity index is 2.21. The van der Waals surface area contributed by atoms with Crippen molar-refractivity contribution in [2.45, 2.75) is 30.9 Å². The van der Waals surface area contributed by atoms with E-state index in [4.69, 9.17) is 15.2 Å². The Morgan fingerprint density at radius 1 is 1.62 bits per heavy atom. The van der Waals surface area contributed by atoms with Crippen molar-refractivity contribution >= 4 is 11.3 Å². The molecule has 3 heterocycles. The molecule has 0 bridgehead atoms. The van der Waals surface area contributed by atoms with Crippen LogP contribution in [-0.2, 0) is 15.3 Å². The summed E-state index contributed by atoms with van der Waals surface area (Å²) in [5, 5.41) is 13.4. The van der Waals surface area contributed by atoms with E-state index in [0.29, 0.717) is 11.2 Å². The molecule has 3 atom stereocenters. The van der Waals surface area contributed by atoms with E-state index in [9.17, 15) is 5.11 Å². The minimum atomic E-state index is -1.83. The number of nitrogen functional groups attached to an aromatic ring is 1. The number of anilines is 1. The van der Waals surface area contributed by atoms with Gasteiger partial charge in [-0.15, -0.1) is 0 Å². The predicted molar refractivity (Wildman–Crippen MR) is 72.2 cm³/mol. The number of aliphatic hydroxyl groups is 1. The topological polar surface area (TPSA) is 94.9 Å². The Labute approximate surface area is 120 Å². The molecule has 7 nitrogen and oxygen atoms in total. The van der Waals surface area contributed by atoms with Gasteiger partial charge in [0, 0.05) is 13.5 Å². The first-order valence-corrected chi connectivity index (χ1v) is 6.56. The molecule has 1 fully saturated rings. The normalized spacial score (nSPS) is 32.9. The standard InChI is InChI=1S/C13H17FN4O3/c1-12(14)5-8(6-19)21-13(12,20-2)10-4-3-9-11(15)16-7-17-18(9)10/h3-4,7-8,19H,5-6H2,1-2H3,(H2,15,16,17)/t8-,12+,13-/m0/s1. The number of hydrogen-bond acceptors (Lipinski definition) is 6. The lowest BCUT2D eigenvalue weighted by Crippen LogP contribution is -2.45. The molecular formula is C13H17FN4O3. The number of aliphatic hydroxyl groups excluding tert-OH is 1. The van der Waals surface area contributed by atoms with E-state index in [1.165, 1.54) is 24.9 Å². The average Bonchev–Trinajstić information content (AvgIpc) is 2.98. The molecule has 2 aromatic heterocycles. The first-order valence-electron chi connectivity index (χ1n) is 6.56. The average molecular weight is 296 g/mol. The minimum absolute atomic E-state index is 0.0190. The SMILES string of the molecule is CO[C@@]1(c2ccc3c(N)ncnn23)O[C@H](CO)C[C@@]1(C)F. The van der Waals surface area contributed by atoms with Crippen LogP contribution in [0.3, 0.4) is 0 Å². The molecule has 0 aromatic carbocycles. The van der Waals surface area contributed by atoms with Crippen LogP contribution in [0.4, 0.5) is 10.2 Å². The maximum absolute atomic E-state index is 15.1. The molecule has 0 radical (unpaired) electrons. The van der Waals surface area contributed by atoms with E-state index in [1.807, 2.05) is 0 Å². The van der Waals surface area contributed by atoms with Gasteiger partial charge in [0.1, 0.15) is 17.5 Å². The van der Waals surface area contributed by atoms with Gasteiger partial charge >= 0.3 is 0 Å². The Kier molecular flexibility index (Phi) is 3.12. The summed E-state index contributed by atoms with van der Waals surface area (Å²) in [7, 11) is 1.36. The maximum atomic E-state index is 15.1. The summed E-state index contributed by atoms with van der Waals surface area (Å²) in [4.78, 5) is 3.89. The van der Waals surface area contributed by atoms with E-state index in [0.717, 1.165) is 0 Å². The number of aromatic nitrogens is 3. The van der Waals surface area contributed by atoms with Crippen molar-refractivity contribution in [1.29, 1.82) is 0 Å². The molecule has 114 valence electrons. The number of nitrogens with zero attached hydrogens (tertiary/aromatic N) is 3. The second-order valence-corrected chi connectivity index (χ2v) is 5.31. The molecule has 0 amide bonds. The van der Waals surface area contributed by atoms with Gasteiger partial charge in [-0.25, -0.2) is 13.9 Å². The van der Waals surface area contributed by atoms with Crippen LogP contribution in [0.2, 0.25) is 0 Å². The van der Waals surface area contributed by atoms with E-state index in [1.54, 1.807) is 12.1 Å². The van der Waals surface area contributed by atoms with E-state index in [2.05, 4.69) is 10.1 Å². The van der Waals surface area contributed by atoms with Gasteiger partial charge in [-0.05, 0) is 19.1 Å². The fraction of sp³-hybridized carbons (Fsp3) is 0.538. The van der Waals surface area contributed by atoms with E-state index < -0.39 is 17.6 Å². The number of hydrogen-bond donors (Lipinski definition) is 2. The smallest absolute Gasteiger partial charge is 0.247 e. The van der Waals surface area contributed by atoms with Crippen molar-refractivity contribution in [2.24, 2.45) is 0 Å². The Morgan fingerprint density at radius 2 is 2.38 bits per heavy atom. The van der Waals surface area contributed by atoms with Crippen molar-refractivity contribution in [3.05, 3.63) is 24.2 Å². The van der Waals surface area contributed by atoms with Crippen molar-refractivity contribution in [1.82, 2.24) is 14.6 Å². The largest absolute Gasteiger partial charge is 0.394 e. The number of alkyl halides is 1. The number of fused-ring (bicyclic) bond motifs is 1. The van der Waals surface area contributed by atoms with E-state index >= 15 is 4.39 Å². The summed E-state index contributed by atoms with van der Waals surface area (Å²) in [5.74, 6) is -1.38. The van der Waals surface area contributed by atoms with Gasteiger partial charge < -0.3 is 20.3 Å². The lowest BCUT2D eigenvalue weighted by molar-refractivity contribution is -0.271. The Hall–Kier alpha value is -1.77. The third kappa shape index (κ3) is 1.83.